The number of imidazole rings is 1. The minimum atomic E-state index is -1.03. The van der Waals surface area contributed by atoms with E-state index in [1.54, 1.807) is 18.2 Å². The van der Waals surface area contributed by atoms with Crippen LogP contribution in [0.4, 0.5) is 20.4 Å². The molecule has 0 aliphatic carbocycles. The van der Waals surface area contributed by atoms with E-state index in [4.69, 9.17) is 12.3 Å². The van der Waals surface area contributed by atoms with Crippen LogP contribution in [0.1, 0.15) is 12.1 Å². The zero-order valence-electron chi connectivity index (χ0n) is 14.5. The molecule has 3 aromatic rings. The van der Waals surface area contributed by atoms with Crippen LogP contribution in [0.15, 0.2) is 36.5 Å². The van der Waals surface area contributed by atoms with Gasteiger partial charge < -0.3 is 15.2 Å². The van der Waals surface area contributed by atoms with Gasteiger partial charge >= 0.3 is 0 Å². The van der Waals surface area contributed by atoms with Crippen molar-refractivity contribution in [2.24, 2.45) is 5.73 Å². The first-order chi connectivity index (χ1) is 13.0. The van der Waals surface area contributed by atoms with Gasteiger partial charge in [-0.2, -0.15) is 0 Å². The van der Waals surface area contributed by atoms with Gasteiger partial charge in [-0.1, -0.05) is 6.07 Å². The number of rotatable bonds is 3. The minimum Gasteiger partial charge on any atom is -0.340 e. The molecule has 1 saturated heterocycles. The van der Waals surface area contributed by atoms with Crippen molar-refractivity contribution in [1.82, 2.24) is 14.5 Å². The molecule has 0 radical (unpaired) electrons. The molecule has 1 aromatic carbocycles. The number of benzene rings is 1. The molecule has 8 heteroatoms. The number of hydrogen-bond acceptors (Lipinski definition) is 4. The minimum absolute atomic E-state index is 0.330. The highest BCUT2D eigenvalue weighted by Gasteiger charge is 2.29. The van der Waals surface area contributed by atoms with E-state index in [1.807, 2.05) is 9.47 Å². The van der Waals surface area contributed by atoms with Crippen LogP contribution >= 0.6 is 0 Å². The maximum atomic E-state index is 13.8. The maximum absolute atomic E-state index is 13.8. The number of pyridine rings is 1. The van der Waals surface area contributed by atoms with Crippen LogP contribution in [0.25, 0.3) is 15.9 Å². The fourth-order valence-corrected chi connectivity index (χ4v) is 3.35. The van der Waals surface area contributed by atoms with Crippen LogP contribution in [0.5, 0.6) is 0 Å². The van der Waals surface area contributed by atoms with Gasteiger partial charge in [0.15, 0.2) is 0 Å². The number of nitrogens with two attached hydrogens (primary N) is 1. The fraction of sp³-hybridized carbons (Fsp3) is 0.316. The van der Waals surface area contributed by atoms with Crippen LogP contribution in [-0.4, -0.2) is 39.8 Å². The zero-order chi connectivity index (χ0) is 19.0. The summed E-state index contributed by atoms with van der Waals surface area (Å²) in [6.45, 7) is 8.22. The molecular weight excluding hydrogens is 350 g/mol. The summed E-state index contributed by atoms with van der Waals surface area (Å²) >= 11 is 0. The van der Waals surface area contributed by atoms with E-state index in [0.717, 1.165) is 5.69 Å². The Labute approximate surface area is 155 Å². The maximum Gasteiger partial charge on any atom is 0.206 e. The number of halogens is 2. The Kier molecular flexibility index (Phi) is 4.46. The summed E-state index contributed by atoms with van der Waals surface area (Å²) in [4.78, 5) is 14.2. The third-order valence-corrected chi connectivity index (χ3v) is 4.80. The number of fused-ring (bicyclic) bond motifs is 1. The van der Waals surface area contributed by atoms with Crippen LogP contribution in [0.2, 0.25) is 0 Å². The molecule has 1 aliphatic rings. The summed E-state index contributed by atoms with van der Waals surface area (Å²) in [6, 6.07) is 7.30. The molecule has 2 atom stereocenters. The summed E-state index contributed by atoms with van der Waals surface area (Å²) in [5, 5.41) is 0. The molecule has 1 fully saturated rings. The second kappa shape index (κ2) is 6.93. The molecule has 138 valence electrons. The van der Waals surface area contributed by atoms with Crippen molar-refractivity contribution in [3.63, 3.8) is 0 Å². The topological polar surface area (TPSA) is 64.3 Å². The van der Waals surface area contributed by atoms with Gasteiger partial charge in [0.25, 0.3) is 0 Å². The van der Waals surface area contributed by atoms with Crippen molar-refractivity contribution in [2.75, 3.05) is 18.0 Å². The third-order valence-electron chi connectivity index (χ3n) is 4.80. The Balaban J connectivity index is 1.76. The van der Waals surface area contributed by atoms with Crippen LogP contribution < -0.4 is 10.6 Å². The number of piperidine rings is 1. The van der Waals surface area contributed by atoms with Crippen molar-refractivity contribution in [3.05, 3.63) is 59.5 Å². The Bertz CT molecular complexity index is 1010. The van der Waals surface area contributed by atoms with E-state index in [1.165, 1.54) is 18.3 Å². The largest absolute Gasteiger partial charge is 0.340 e. The molecule has 0 unspecified atom stereocenters. The first kappa shape index (κ1) is 17.4. The Morgan fingerprint density at radius 3 is 2.85 bits per heavy atom. The smallest absolute Gasteiger partial charge is 0.206 e. The van der Waals surface area contributed by atoms with Crippen molar-refractivity contribution < 1.29 is 8.78 Å². The molecule has 0 saturated carbocycles. The first-order valence-electron chi connectivity index (χ1n) is 8.68. The summed E-state index contributed by atoms with van der Waals surface area (Å²) in [5.74, 6) is 0.264. The molecule has 0 amide bonds. The van der Waals surface area contributed by atoms with E-state index >= 15 is 0 Å². The van der Waals surface area contributed by atoms with Gasteiger partial charge in [-0.25, -0.2) is 18.6 Å². The van der Waals surface area contributed by atoms with Crippen molar-refractivity contribution in [2.45, 2.75) is 25.2 Å². The lowest BCUT2D eigenvalue weighted by molar-refractivity contribution is 0.243. The molecule has 1 aliphatic heterocycles. The predicted molar refractivity (Wildman–Crippen MR) is 99.0 cm³/mol. The second-order valence-corrected chi connectivity index (χ2v) is 6.67. The highest BCUT2D eigenvalue weighted by Crippen LogP contribution is 2.27. The highest BCUT2D eigenvalue weighted by atomic mass is 19.1. The van der Waals surface area contributed by atoms with Crippen molar-refractivity contribution in [1.29, 1.82) is 0 Å². The van der Waals surface area contributed by atoms with Gasteiger partial charge in [-0.3, -0.25) is 4.98 Å². The van der Waals surface area contributed by atoms with E-state index < -0.39 is 12.2 Å². The predicted octanol–water partition coefficient (Wildman–Crippen LogP) is 3.04. The summed E-state index contributed by atoms with van der Waals surface area (Å²) in [6.07, 6.45) is 0.808. The van der Waals surface area contributed by atoms with Gasteiger partial charge in [0.1, 0.15) is 12.0 Å². The summed E-state index contributed by atoms with van der Waals surface area (Å²) < 4.78 is 29.5. The molecule has 2 N–H and O–H groups in total. The van der Waals surface area contributed by atoms with E-state index in [0.29, 0.717) is 48.7 Å². The Morgan fingerprint density at radius 1 is 1.30 bits per heavy atom. The van der Waals surface area contributed by atoms with Crippen LogP contribution in [0.3, 0.4) is 0 Å². The lowest BCUT2D eigenvalue weighted by Crippen LogP contribution is -2.50. The molecule has 6 nitrogen and oxygen atoms in total. The average Bonchev–Trinajstić information content (AvgIpc) is 3.02. The van der Waals surface area contributed by atoms with Crippen LogP contribution in [-0.2, 0) is 6.54 Å². The van der Waals surface area contributed by atoms with Gasteiger partial charge in [-0.15, -0.1) is 0 Å². The summed E-state index contributed by atoms with van der Waals surface area (Å²) in [5.41, 5.74) is 8.37. The zero-order valence-corrected chi connectivity index (χ0v) is 14.5. The van der Waals surface area contributed by atoms with E-state index in [-0.39, 0.29) is 5.82 Å². The normalized spacial score (nSPS) is 20.0. The fourth-order valence-electron chi connectivity index (χ4n) is 3.35. The summed E-state index contributed by atoms with van der Waals surface area (Å²) in [7, 11) is 0. The van der Waals surface area contributed by atoms with Gasteiger partial charge in [0, 0.05) is 19.3 Å². The molecule has 0 bridgehead atoms. The molecule has 0 spiro atoms. The molecule has 3 heterocycles. The highest BCUT2D eigenvalue weighted by molar-refractivity contribution is 5.79. The van der Waals surface area contributed by atoms with Crippen molar-refractivity contribution >= 4 is 22.7 Å². The molecule has 4 rings (SSSR count). The monoisotopic (exact) mass is 368 g/mol. The van der Waals surface area contributed by atoms with Gasteiger partial charge in [0.05, 0.1) is 35.9 Å². The Morgan fingerprint density at radius 2 is 2.15 bits per heavy atom. The second-order valence-electron chi connectivity index (χ2n) is 6.67. The number of alkyl halides is 1. The standard InChI is InChI=1S/C19H18F2N6/c1-23-13-3-4-14(24-9-13)10-27-18-8-12(20)2-5-17(18)25-19(27)26-7-6-15(21)16(22)11-26/h2-5,8-9,15-16H,6-7,10-11,22H2/t15-,16+/m0/s1. The quantitative estimate of drug-likeness (QED) is 0.722. The number of nitrogens with zero attached hydrogens (tertiary/aromatic N) is 5. The molecule has 2 aromatic heterocycles. The SMILES string of the molecule is [C-]#[N+]c1ccc(Cn2c(N3CC[C@H](F)[C@H](N)C3)nc3ccc(F)cc32)nc1. The lowest BCUT2D eigenvalue weighted by Gasteiger charge is -2.34. The average molecular weight is 368 g/mol. The molecule has 27 heavy (non-hydrogen) atoms. The van der Waals surface area contributed by atoms with Gasteiger partial charge in [-0.05, 0) is 30.7 Å². The van der Waals surface area contributed by atoms with Crippen LogP contribution in [0, 0.1) is 12.4 Å². The molecular formula is C19H18F2N6. The number of aromatic nitrogens is 3. The first-order valence-corrected chi connectivity index (χ1v) is 8.68. The number of hydrogen-bond donors (Lipinski definition) is 1. The lowest BCUT2D eigenvalue weighted by atomic mass is 10.1. The van der Waals surface area contributed by atoms with E-state index in [9.17, 15) is 8.78 Å². The van der Waals surface area contributed by atoms with Gasteiger partial charge in [0.2, 0.25) is 11.6 Å². The number of anilines is 1. The Hall–Kier alpha value is -3.05. The van der Waals surface area contributed by atoms with E-state index in [2.05, 4.69) is 14.8 Å². The third kappa shape index (κ3) is 3.34. The van der Waals surface area contributed by atoms with Crippen molar-refractivity contribution in [3.8, 4) is 0 Å².